The second kappa shape index (κ2) is 5.76. The summed E-state index contributed by atoms with van der Waals surface area (Å²) in [6.45, 7) is 1.64. The van der Waals surface area contributed by atoms with Gasteiger partial charge in [-0.05, 0) is 0 Å². The van der Waals surface area contributed by atoms with Crippen molar-refractivity contribution >= 4 is 22.9 Å². The van der Waals surface area contributed by atoms with Crippen molar-refractivity contribution in [3.05, 3.63) is 23.3 Å². The van der Waals surface area contributed by atoms with E-state index in [-0.39, 0.29) is 22.9 Å². The lowest BCUT2D eigenvalue weighted by Gasteiger charge is -2.14. The molecule has 1 aromatic heterocycles. The third kappa shape index (κ3) is 3.14. The minimum atomic E-state index is 0. The summed E-state index contributed by atoms with van der Waals surface area (Å²) >= 11 is 0. The quantitative estimate of drug-likeness (QED) is 0.585. The van der Waals surface area contributed by atoms with Gasteiger partial charge in [-0.1, -0.05) is 0 Å². The normalized spacial score (nSPS) is 13.5. The molecule has 1 aliphatic heterocycles. The Morgan fingerprint density at radius 3 is 3.06 bits per heavy atom. The van der Waals surface area contributed by atoms with Gasteiger partial charge in [-0.3, -0.25) is 0 Å². The zero-order chi connectivity index (χ0) is 10.7. The van der Waals surface area contributed by atoms with Crippen molar-refractivity contribution < 1.29 is 4.74 Å². The molecule has 0 aliphatic carbocycles. The third-order valence-electron chi connectivity index (χ3n) is 2.15. The summed E-state index contributed by atoms with van der Waals surface area (Å²) in [6.07, 6.45) is 2.60. The molecule has 0 unspecified atom stereocenters. The van der Waals surface area contributed by atoms with Crippen LogP contribution in [0.1, 0.15) is 17.1 Å². The standard InChI is InChI=1S/C9H13N5O.BrH/c10-9(11)13-4-8-12-3-6-5-15-2-1-7(6)14-8;/h3H,1-2,4-5H2,(H4,10,11,13);1H. The second-order valence-electron chi connectivity index (χ2n) is 3.30. The molecule has 0 saturated carbocycles. The minimum absolute atomic E-state index is 0. The molecule has 0 saturated heterocycles. The molecule has 0 bridgehead atoms. The molecule has 4 N–H and O–H groups in total. The van der Waals surface area contributed by atoms with E-state index in [9.17, 15) is 0 Å². The maximum atomic E-state index is 5.29. The predicted molar refractivity (Wildman–Crippen MR) is 65.2 cm³/mol. The molecule has 2 rings (SSSR count). The molecule has 0 aromatic carbocycles. The lowest BCUT2D eigenvalue weighted by Crippen LogP contribution is -2.23. The molecule has 0 radical (unpaired) electrons. The average Bonchev–Trinajstić information content (AvgIpc) is 2.26. The van der Waals surface area contributed by atoms with Gasteiger partial charge >= 0.3 is 0 Å². The Bertz CT molecular complexity index is 391. The van der Waals surface area contributed by atoms with Gasteiger partial charge in [0.15, 0.2) is 5.96 Å². The minimum Gasteiger partial charge on any atom is -0.376 e. The third-order valence-corrected chi connectivity index (χ3v) is 2.15. The molecule has 2 heterocycles. The highest BCUT2D eigenvalue weighted by molar-refractivity contribution is 8.93. The van der Waals surface area contributed by atoms with Crippen molar-refractivity contribution in [2.24, 2.45) is 16.5 Å². The van der Waals surface area contributed by atoms with E-state index in [1.165, 1.54) is 0 Å². The van der Waals surface area contributed by atoms with Crippen LogP contribution in [0.3, 0.4) is 0 Å². The van der Waals surface area contributed by atoms with E-state index in [2.05, 4.69) is 15.0 Å². The molecule has 16 heavy (non-hydrogen) atoms. The van der Waals surface area contributed by atoms with E-state index >= 15 is 0 Å². The first-order chi connectivity index (χ1) is 7.25. The number of aliphatic imine (C=N–C) groups is 1. The summed E-state index contributed by atoms with van der Waals surface area (Å²) in [5.74, 6) is 0.698. The second-order valence-corrected chi connectivity index (χ2v) is 3.30. The number of rotatable bonds is 2. The van der Waals surface area contributed by atoms with Crippen molar-refractivity contribution in [3.63, 3.8) is 0 Å². The van der Waals surface area contributed by atoms with Crippen LogP contribution in [0.15, 0.2) is 11.2 Å². The van der Waals surface area contributed by atoms with E-state index in [1.54, 1.807) is 6.20 Å². The highest BCUT2D eigenvalue weighted by Crippen LogP contribution is 2.13. The van der Waals surface area contributed by atoms with Gasteiger partial charge in [0.2, 0.25) is 0 Å². The van der Waals surface area contributed by atoms with Crippen LogP contribution >= 0.6 is 17.0 Å². The molecule has 0 spiro atoms. The highest BCUT2D eigenvalue weighted by Gasteiger charge is 2.11. The number of ether oxygens (including phenoxy) is 1. The predicted octanol–water partition coefficient (Wildman–Crippen LogP) is -0.0994. The Balaban J connectivity index is 0.00000128. The largest absolute Gasteiger partial charge is 0.376 e. The Kier molecular flexibility index (Phi) is 4.63. The molecule has 0 fully saturated rings. The summed E-state index contributed by atoms with van der Waals surface area (Å²) in [7, 11) is 0. The Hall–Kier alpha value is -1.21. The fourth-order valence-corrected chi connectivity index (χ4v) is 1.41. The van der Waals surface area contributed by atoms with E-state index in [0.717, 1.165) is 17.7 Å². The fourth-order valence-electron chi connectivity index (χ4n) is 1.41. The molecular weight excluding hydrogens is 274 g/mol. The summed E-state index contributed by atoms with van der Waals surface area (Å²) in [5, 5.41) is 0. The van der Waals surface area contributed by atoms with E-state index in [0.29, 0.717) is 25.6 Å². The molecule has 1 aliphatic rings. The summed E-state index contributed by atoms with van der Waals surface area (Å²) in [5.41, 5.74) is 12.6. The van der Waals surface area contributed by atoms with E-state index in [4.69, 9.17) is 16.2 Å². The number of hydrogen-bond donors (Lipinski definition) is 2. The Morgan fingerprint density at radius 2 is 2.31 bits per heavy atom. The van der Waals surface area contributed by atoms with Crippen molar-refractivity contribution in [2.45, 2.75) is 19.6 Å². The molecule has 0 atom stereocenters. The number of nitrogens with two attached hydrogens (primary N) is 2. The average molecular weight is 288 g/mol. The zero-order valence-corrected chi connectivity index (χ0v) is 10.4. The Morgan fingerprint density at radius 1 is 1.50 bits per heavy atom. The van der Waals surface area contributed by atoms with Crippen LogP contribution in [-0.2, 0) is 24.3 Å². The van der Waals surface area contributed by atoms with Crippen LogP contribution in [0.4, 0.5) is 0 Å². The number of halogens is 1. The van der Waals surface area contributed by atoms with Crippen molar-refractivity contribution in [3.8, 4) is 0 Å². The monoisotopic (exact) mass is 287 g/mol. The molecule has 1 aromatic rings. The topological polar surface area (TPSA) is 99.4 Å². The van der Waals surface area contributed by atoms with Gasteiger partial charge in [-0.2, -0.15) is 0 Å². The van der Waals surface area contributed by atoms with Gasteiger partial charge in [-0.25, -0.2) is 15.0 Å². The van der Waals surface area contributed by atoms with Crippen LogP contribution in [0.5, 0.6) is 0 Å². The SMILES string of the molecule is Br.NC(N)=NCc1ncc2c(n1)CCOC2. The number of nitrogens with zero attached hydrogens (tertiary/aromatic N) is 3. The zero-order valence-electron chi connectivity index (χ0n) is 8.72. The highest BCUT2D eigenvalue weighted by atomic mass is 79.9. The maximum Gasteiger partial charge on any atom is 0.186 e. The smallest absolute Gasteiger partial charge is 0.186 e. The Labute approximate surface area is 104 Å². The molecule has 7 heteroatoms. The van der Waals surface area contributed by atoms with E-state index in [1.807, 2.05) is 0 Å². The van der Waals surface area contributed by atoms with Gasteiger partial charge in [0.05, 0.1) is 18.9 Å². The van der Waals surface area contributed by atoms with Gasteiger partial charge in [-0.15, -0.1) is 17.0 Å². The lowest BCUT2D eigenvalue weighted by atomic mass is 10.1. The van der Waals surface area contributed by atoms with Crippen LogP contribution in [0.25, 0.3) is 0 Å². The van der Waals surface area contributed by atoms with Gasteiger partial charge < -0.3 is 16.2 Å². The first-order valence-electron chi connectivity index (χ1n) is 4.72. The first kappa shape index (κ1) is 12.9. The van der Waals surface area contributed by atoms with Crippen molar-refractivity contribution in [2.75, 3.05) is 6.61 Å². The van der Waals surface area contributed by atoms with E-state index < -0.39 is 0 Å². The van der Waals surface area contributed by atoms with Crippen LogP contribution < -0.4 is 11.5 Å². The van der Waals surface area contributed by atoms with Gasteiger partial charge in [0.25, 0.3) is 0 Å². The van der Waals surface area contributed by atoms with Crippen molar-refractivity contribution in [1.82, 2.24) is 9.97 Å². The number of aromatic nitrogens is 2. The molecule has 6 nitrogen and oxygen atoms in total. The molecule has 88 valence electrons. The summed E-state index contributed by atoms with van der Waals surface area (Å²) in [4.78, 5) is 12.4. The van der Waals surface area contributed by atoms with Crippen LogP contribution in [0, 0.1) is 0 Å². The number of guanidine groups is 1. The van der Waals surface area contributed by atoms with Gasteiger partial charge in [0.1, 0.15) is 12.4 Å². The van der Waals surface area contributed by atoms with Crippen molar-refractivity contribution in [1.29, 1.82) is 0 Å². The molecule has 0 amide bonds. The van der Waals surface area contributed by atoms with Gasteiger partial charge in [0, 0.05) is 18.2 Å². The number of hydrogen-bond acceptors (Lipinski definition) is 4. The van der Waals surface area contributed by atoms with Crippen LogP contribution in [-0.4, -0.2) is 22.5 Å². The lowest BCUT2D eigenvalue weighted by molar-refractivity contribution is 0.108. The first-order valence-corrected chi connectivity index (χ1v) is 4.72. The summed E-state index contributed by atoms with van der Waals surface area (Å²) < 4.78 is 5.29. The number of fused-ring (bicyclic) bond motifs is 1. The maximum absolute atomic E-state index is 5.29. The fraction of sp³-hybridized carbons (Fsp3) is 0.444. The van der Waals surface area contributed by atoms with Crippen LogP contribution in [0.2, 0.25) is 0 Å². The molecular formula is C9H14BrN5O. The summed E-state index contributed by atoms with van der Waals surface area (Å²) in [6, 6.07) is 0.